The van der Waals surface area contributed by atoms with Crippen molar-refractivity contribution in [2.45, 2.75) is 164 Å². The summed E-state index contributed by atoms with van der Waals surface area (Å²) in [5, 5.41) is 9.67. The first-order valence-corrected chi connectivity index (χ1v) is 21.6. The van der Waals surface area contributed by atoms with E-state index in [9.17, 15) is 19.5 Å². The molecule has 0 bridgehead atoms. The van der Waals surface area contributed by atoms with Crippen molar-refractivity contribution >= 4 is 17.8 Å². The zero-order chi connectivity index (χ0) is 37.4. The summed E-state index contributed by atoms with van der Waals surface area (Å²) >= 11 is 0. The molecule has 8 fully saturated rings. The fourth-order valence-corrected chi connectivity index (χ4v) is 16.1. The van der Waals surface area contributed by atoms with E-state index < -0.39 is 17.3 Å². The number of methoxy groups -OCH3 is 1. The highest BCUT2D eigenvalue weighted by Crippen LogP contribution is 2.79. The number of carboxylic acid groups (broad SMARTS) is 1. The number of ether oxygens (including phenoxy) is 2. The van der Waals surface area contributed by atoms with Gasteiger partial charge in [0.25, 0.3) is 0 Å². The van der Waals surface area contributed by atoms with Crippen molar-refractivity contribution in [3.05, 3.63) is 0 Å². The fraction of sp³-hybridized carbons (Fsp3) is 0.933. The molecule has 0 aromatic rings. The van der Waals surface area contributed by atoms with Gasteiger partial charge in [-0.3, -0.25) is 14.4 Å². The highest BCUT2D eigenvalue weighted by Gasteiger charge is 2.74. The number of piperidine rings is 1. The van der Waals surface area contributed by atoms with Crippen LogP contribution in [0.4, 0.5) is 0 Å². The van der Waals surface area contributed by atoms with Crippen molar-refractivity contribution in [3.8, 4) is 0 Å². The molecule has 8 rings (SSSR count). The molecule has 7 heteroatoms. The predicted octanol–water partition coefficient (Wildman–Crippen LogP) is 9.16. The van der Waals surface area contributed by atoms with Gasteiger partial charge in [-0.1, -0.05) is 55.4 Å². The Balaban J connectivity index is 1.05. The molecule has 292 valence electrons. The van der Waals surface area contributed by atoms with Crippen LogP contribution in [-0.4, -0.2) is 60.3 Å². The van der Waals surface area contributed by atoms with Crippen LogP contribution in [0.1, 0.15) is 152 Å². The SMILES string of the molecule is COC1CCN(C(=O)C23CCC(C4(C)CC4)C2C2CCC4C5(C)CCC(OC(=O)C6CC(C(=O)O)C6(C)C)C(C)(C)C5CCC4(C)C2(C)CC3)CC1. The third kappa shape index (κ3) is 4.93. The molecule has 1 heterocycles. The van der Waals surface area contributed by atoms with Crippen LogP contribution in [0.5, 0.6) is 0 Å². The summed E-state index contributed by atoms with van der Waals surface area (Å²) in [6, 6.07) is 0. The lowest BCUT2D eigenvalue weighted by atomic mass is 9.32. The van der Waals surface area contributed by atoms with Gasteiger partial charge in [0, 0.05) is 25.6 Å². The standard InChI is InChI=1S/C45H71NO6/c1-39(2)30(36(47)48)26-31(39)37(49)52-34-14-17-42(6)32(40(34,3)4)13-18-44(8)33(42)11-10-29-35-28(41(5)20-21-41)12-19-45(35,23-22-43(29,44)7)38(50)46-24-15-27(51-9)16-25-46/h27-35H,10-26H2,1-9H3,(H,47,48). The minimum atomic E-state index is -0.806. The van der Waals surface area contributed by atoms with E-state index in [1.165, 1.54) is 44.9 Å². The van der Waals surface area contributed by atoms with E-state index in [0.29, 0.717) is 47.3 Å². The molecule has 12 unspecified atom stereocenters. The maximum absolute atomic E-state index is 15.0. The largest absolute Gasteiger partial charge is 0.481 e. The summed E-state index contributed by atoms with van der Waals surface area (Å²) in [5.41, 5.74) is 0.0988. The second-order valence-corrected chi connectivity index (χ2v) is 22.2. The van der Waals surface area contributed by atoms with E-state index in [-0.39, 0.29) is 51.2 Å². The van der Waals surface area contributed by atoms with Gasteiger partial charge in [0.2, 0.25) is 5.91 Å². The summed E-state index contributed by atoms with van der Waals surface area (Å²) in [5.74, 6) is 1.53. The van der Waals surface area contributed by atoms with Crippen molar-refractivity contribution in [3.63, 3.8) is 0 Å². The van der Waals surface area contributed by atoms with Gasteiger partial charge >= 0.3 is 11.9 Å². The number of aliphatic carboxylic acids is 1. The van der Waals surface area contributed by atoms with Crippen molar-refractivity contribution in [1.82, 2.24) is 4.90 Å². The minimum absolute atomic E-state index is 0.136. The molecule has 1 amide bonds. The molecule has 1 saturated heterocycles. The Morgan fingerprint density at radius 1 is 0.654 bits per heavy atom. The number of esters is 1. The summed E-state index contributed by atoms with van der Waals surface area (Å²) in [4.78, 5) is 42.7. The summed E-state index contributed by atoms with van der Waals surface area (Å²) < 4.78 is 12.2. The van der Waals surface area contributed by atoms with Gasteiger partial charge in [0.15, 0.2) is 0 Å². The smallest absolute Gasteiger partial charge is 0.309 e. The molecule has 0 aromatic heterocycles. The molecule has 0 aromatic carbocycles. The quantitative estimate of drug-likeness (QED) is 0.275. The first kappa shape index (κ1) is 37.3. The molecule has 7 nitrogen and oxygen atoms in total. The van der Waals surface area contributed by atoms with Crippen LogP contribution in [0, 0.1) is 79.3 Å². The van der Waals surface area contributed by atoms with E-state index in [1.807, 2.05) is 21.0 Å². The normalized spacial score (nSPS) is 48.6. The van der Waals surface area contributed by atoms with Crippen LogP contribution in [-0.2, 0) is 23.9 Å². The molecular weight excluding hydrogens is 650 g/mol. The van der Waals surface area contributed by atoms with Gasteiger partial charge in [0.1, 0.15) is 6.10 Å². The van der Waals surface area contributed by atoms with Crippen molar-refractivity contribution < 1.29 is 29.0 Å². The molecule has 7 saturated carbocycles. The van der Waals surface area contributed by atoms with Gasteiger partial charge in [-0.25, -0.2) is 0 Å². The number of likely N-dealkylation sites (tertiary alicyclic amines) is 1. The molecule has 0 radical (unpaired) electrons. The Morgan fingerprint density at radius 2 is 1.35 bits per heavy atom. The van der Waals surface area contributed by atoms with Crippen LogP contribution >= 0.6 is 0 Å². The van der Waals surface area contributed by atoms with Gasteiger partial charge in [-0.2, -0.15) is 0 Å². The maximum atomic E-state index is 15.0. The van der Waals surface area contributed by atoms with Crippen molar-refractivity contribution in [2.75, 3.05) is 20.2 Å². The Kier molecular flexibility index (Phi) is 8.56. The lowest BCUT2D eigenvalue weighted by molar-refractivity contribution is -0.253. The van der Waals surface area contributed by atoms with Gasteiger partial charge in [-0.05, 0) is 153 Å². The highest BCUT2D eigenvalue weighted by atomic mass is 16.5. The van der Waals surface area contributed by atoms with E-state index in [0.717, 1.165) is 58.0 Å². The number of carbonyl (C=O) groups is 3. The van der Waals surface area contributed by atoms with Crippen LogP contribution in [0.15, 0.2) is 0 Å². The predicted molar refractivity (Wildman–Crippen MR) is 201 cm³/mol. The number of hydrogen-bond donors (Lipinski definition) is 1. The third-order valence-corrected chi connectivity index (χ3v) is 19.9. The van der Waals surface area contributed by atoms with Crippen molar-refractivity contribution in [2.24, 2.45) is 79.3 Å². The number of hydrogen-bond acceptors (Lipinski definition) is 5. The Morgan fingerprint density at radius 3 is 1.96 bits per heavy atom. The maximum Gasteiger partial charge on any atom is 0.309 e. The number of carbonyl (C=O) groups excluding carboxylic acids is 2. The molecule has 52 heavy (non-hydrogen) atoms. The second-order valence-electron chi connectivity index (χ2n) is 22.2. The zero-order valence-electron chi connectivity index (χ0n) is 34.2. The zero-order valence-corrected chi connectivity index (χ0v) is 34.2. The number of fused-ring (bicyclic) bond motifs is 7. The van der Waals surface area contributed by atoms with Crippen molar-refractivity contribution in [1.29, 1.82) is 0 Å². The molecule has 8 aliphatic rings. The molecule has 0 spiro atoms. The van der Waals surface area contributed by atoms with Crippen LogP contribution in [0.25, 0.3) is 0 Å². The second kappa shape index (κ2) is 11.9. The molecule has 1 N–H and O–H groups in total. The van der Waals surface area contributed by atoms with E-state index in [2.05, 4.69) is 46.4 Å². The van der Waals surface area contributed by atoms with Gasteiger partial charge in [-0.15, -0.1) is 0 Å². The Hall–Kier alpha value is -1.63. The Labute approximate surface area is 314 Å². The van der Waals surface area contributed by atoms with Crippen LogP contribution in [0.3, 0.4) is 0 Å². The summed E-state index contributed by atoms with van der Waals surface area (Å²) in [6.07, 6.45) is 16.5. The van der Waals surface area contributed by atoms with Crippen LogP contribution in [0.2, 0.25) is 0 Å². The monoisotopic (exact) mass is 722 g/mol. The average Bonchev–Trinajstić information content (AvgIpc) is 3.70. The summed E-state index contributed by atoms with van der Waals surface area (Å²) in [6.45, 7) is 20.8. The number of nitrogens with zero attached hydrogens (tertiary/aromatic N) is 1. The van der Waals surface area contributed by atoms with Crippen LogP contribution < -0.4 is 0 Å². The van der Waals surface area contributed by atoms with E-state index in [4.69, 9.17) is 9.47 Å². The minimum Gasteiger partial charge on any atom is -0.481 e. The van der Waals surface area contributed by atoms with E-state index >= 15 is 0 Å². The molecule has 7 aliphatic carbocycles. The van der Waals surface area contributed by atoms with E-state index in [1.54, 1.807) is 0 Å². The first-order valence-electron chi connectivity index (χ1n) is 21.6. The van der Waals surface area contributed by atoms with Gasteiger partial charge < -0.3 is 19.5 Å². The lowest BCUT2D eigenvalue weighted by Crippen LogP contribution is -2.68. The first-order chi connectivity index (χ1) is 24.3. The summed E-state index contributed by atoms with van der Waals surface area (Å²) in [7, 11) is 1.82. The number of amides is 1. The average molecular weight is 722 g/mol. The highest BCUT2D eigenvalue weighted by molar-refractivity contribution is 5.84. The number of carboxylic acids is 1. The third-order valence-electron chi connectivity index (χ3n) is 19.9. The molecule has 12 atom stereocenters. The molecular formula is C45H71NO6. The van der Waals surface area contributed by atoms with Gasteiger partial charge in [0.05, 0.1) is 23.4 Å². The topological polar surface area (TPSA) is 93.1 Å². The molecule has 1 aliphatic heterocycles. The fourth-order valence-electron chi connectivity index (χ4n) is 16.1. The Bertz CT molecular complexity index is 1480. The number of rotatable bonds is 6. The lowest BCUT2D eigenvalue weighted by Gasteiger charge is -2.73.